The average Bonchev–Trinajstić information content (AvgIpc) is 2.53. The number of benzene rings is 1. The van der Waals surface area contributed by atoms with E-state index in [4.69, 9.17) is 4.74 Å². The van der Waals surface area contributed by atoms with Gasteiger partial charge >= 0.3 is 0 Å². The van der Waals surface area contributed by atoms with Crippen LogP contribution in [0.5, 0.6) is 5.75 Å². The summed E-state index contributed by atoms with van der Waals surface area (Å²) in [6.45, 7) is 3.19. The van der Waals surface area contributed by atoms with Crippen molar-refractivity contribution < 1.29 is 17.9 Å². The molecule has 1 aliphatic rings. The summed E-state index contributed by atoms with van der Waals surface area (Å²) in [7, 11) is -3.37. The van der Waals surface area contributed by atoms with Crippen LogP contribution in [0, 0.1) is 0 Å². The molecule has 1 aliphatic heterocycles. The van der Waals surface area contributed by atoms with Crippen LogP contribution in [0.15, 0.2) is 24.3 Å². The van der Waals surface area contributed by atoms with Gasteiger partial charge in [0.1, 0.15) is 11.8 Å². The third-order valence-corrected chi connectivity index (χ3v) is 5.20. The zero-order valence-electron chi connectivity index (χ0n) is 13.6. The Labute approximate surface area is 137 Å². The van der Waals surface area contributed by atoms with E-state index in [1.54, 1.807) is 0 Å². The maximum atomic E-state index is 12.4. The molecule has 1 heterocycles. The summed E-state index contributed by atoms with van der Waals surface area (Å²) < 4.78 is 30.5. The van der Waals surface area contributed by atoms with Gasteiger partial charge in [0.2, 0.25) is 15.9 Å². The summed E-state index contributed by atoms with van der Waals surface area (Å²) in [6.07, 6.45) is 3.37. The molecular formula is C16H24N2O4S. The van der Waals surface area contributed by atoms with E-state index >= 15 is 0 Å². The minimum atomic E-state index is -3.37. The highest BCUT2D eigenvalue weighted by Gasteiger charge is 2.34. The van der Waals surface area contributed by atoms with Crippen molar-refractivity contribution in [2.45, 2.75) is 38.8 Å². The summed E-state index contributed by atoms with van der Waals surface area (Å²) in [6, 6.07) is 6.89. The number of carbonyl (C=O) groups excluding carboxylic acids is 1. The van der Waals surface area contributed by atoms with Crippen LogP contribution in [0.2, 0.25) is 0 Å². The SMILES string of the molecule is CCOc1ccccc1CNC(=O)C1CCCCN1S(C)(=O)=O. The summed E-state index contributed by atoms with van der Waals surface area (Å²) >= 11 is 0. The Morgan fingerprint density at radius 1 is 1.35 bits per heavy atom. The molecule has 0 radical (unpaired) electrons. The van der Waals surface area contributed by atoms with Crippen molar-refractivity contribution in [2.24, 2.45) is 0 Å². The summed E-state index contributed by atoms with van der Waals surface area (Å²) in [5, 5.41) is 2.84. The van der Waals surface area contributed by atoms with Crippen molar-refractivity contribution >= 4 is 15.9 Å². The minimum absolute atomic E-state index is 0.249. The number of piperidine rings is 1. The van der Waals surface area contributed by atoms with Gasteiger partial charge in [-0.3, -0.25) is 4.79 Å². The van der Waals surface area contributed by atoms with Crippen LogP contribution in [0.3, 0.4) is 0 Å². The van der Waals surface area contributed by atoms with Gasteiger partial charge in [-0.15, -0.1) is 0 Å². The standard InChI is InChI=1S/C16H24N2O4S/c1-3-22-15-10-5-4-8-13(15)12-17-16(19)14-9-6-7-11-18(14)23(2,20)21/h4-5,8,10,14H,3,6-7,9,11-12H2,1-2H3,(H,17,19). The van der Waals surface area contributed by atoms with Gasteiger partial charge in [-0.2, -0.15) is 4.31 Å². The lowest BCUT2D eigenvalue weighted by Crippen LogP contribution is -2.51. The number of carbonyl (C=O) groups is 1. The van der Waals surface area contributed by atoms with Gasteiger partial charge in [-0.05, 0) is 25.8 Å². The van der Waals surface area contributed by atoms with Crippen LogP contribution < -0.4 is 10.1 Å². The zero-order chi connectivity index (χ0) is 16.9. The van der Waals surface area contributed by atoms with E-state index in [1.165, 1.54) is 4.31 Å². The fraction of sp³-hybridized carbons (Fsp3) is 0.562. The lowest BCUT2D eigenvalue weighted by atomic mass is 10.0. The molecule has 1 saturated heterocycles. The number of hydrogen-bond donors (Lipinski definition) is 1. The Morgan fingerprint density at radius 3 is 2.78 bits per heavy atom. The van der Waals surface area contributed by atoms with Gasteiger partial charge in [0.05, 0.1) is 12.9 Å². The molecule has 0 aliphatic carbocycles. The molecule has 0 spiro atoms. The first-order chi connectivity index (χ1) is 10.9. The molecule has 1 unspecified atom stereocenters. The van der Waals surface area contributed by atoms with E-state index in [2.05, 4.69) is 5.32 Å². The number of hydrogen-bond acceptors (Lipinski definition) is 4. The number of sulfonamides is 1. The average molecular weight is 340 g/mol. The van der Waals surface area contributed by atoms with Crippen molar-refractivity contribution in [1.29, 1.82) is 0 Å². The highest BCUT2D eigenvalue weighted by molar-refractivity contribution is 7.88. The molecule has 23 heavy (non-hydrogen) atoms. The number of rotatable bonds is 6. The number of nitrogens with one attached hydrogen (secondary N) is 1. The Bertz CT molecular complexity index is 645. The molecule has 1 aromatic rings. The van der Waals surface area contributed by atoms with Crippen LogP contribution >= 0.6 is 0 Å². The lowest BCUT2D eigenvalue weighted by Gasteiger charge is -2.32. The number of para-hydroxylation sites is 1. The number of amides is 1. The van der Waals surface area contributed by atoms with Crippen LogP contribution in [-0.2, 0) is 21.4 Å². The van der Waals surface area contributed by atoms with Gasteiger partial charge in [0.15, 0.2) is 0 Å². The van der Waals surface area contributed by atoms with E-state index in [0.717, 1.165) is 30.4 Å². The van der Waals surface area contributed by atoms with Crippen molar-refractivity contribution in [1.82, 2.24) is 9.62 Å². The second-order valence-corrected chi connectivity index (χ2v) is 7.58. The molecule has 1 atom stereocenters. The summed E-state index contributed by atoms with van der Waals surface area (Å²) in [5.41, 5.74) is 0.879. The van der Waals surface area contributed by atoms with Gasteiger partial charge in [0, 0.05) is 18.7 Å². The fourth-order valence-electron chi connectivity index (χ4n) is 2.81. The van der Waals surface area contributed by atoms with Crippen molar-refractivity contribution in [3.8, 4) is 5.75 Å². The first-order valence-corrected chi connectivity index (χ1v) is 9.73. The number of ether oxygens (including phenoxy) is 1. The molecule has 128 valence electrons. The Balaban J connectivity index is 2.04. The molecule has 2 rings (SSSR count). The fourth-order valence-corrected chi connectivity index (χ4v) is 3.93. The topological polar surface area (TPSA) is 75.7 Å². The lowest BCUT2D eigenvalue weighted by molar-refractivity contribution is -0.125. The maximum Gasteiger partial charge on any atom is 0.238 e. The van der Waals surface area contributed by atoms with Gasteiger partial charge in [-0.25, -0.2) is 8.42 Å². The normalized spacial score (nSPS) is 19.3. The highest BCUT2D eigenvalue weighted by atomic mass is 32.2. The number of nitrogens with zero attached hydrogens (tertiary/aromatic N) is 1. The Kier molecular flexibility index (Phi) is 6.01. The van der Waals surface area contributed by atoms with Gasteiger partial charge < -0.3 is 10.1 Å². The summed E-state index contributed by atoms with van der Waals surface area (Å²) in [5.74, 6) is 0.486. The predicted octanol–water partition coefficient (Wildman–Crippen LogP) is 1.52. The van der Waals surface area contributed by atoms with E-state index in [9.17, 15) is 13.2 Å². The third kappa shape index (κ3) is 4.68. The van der Waals surface area contributed by atoms with E-state index in [0.29, 0.717) is 26.1 Å². The van der Waals surface area contributed by atoms with Crippen LogP contribution in [-0.4, -0.2) is 44.1 Å². The molecule has 0 saturated carbocycles. The molecule has 7 heteroatoms. The van der Waals surface area contributed by atoms with E-state index in [1.807, 2.05) is 31.2 Å². The molecule has 0 aromatic heterocycles. The maximum absolute atomic E-state index is 12.4. The molecule has 0 bridgehead atoms. The van der Waals surface area contributed by atoms with Crippen LogP contribution in [0.25, 0.3) is 0 Å². The van der Waals surface area contributed by atoms with Crippen LogP contribution in [0.4, 0.5) is 0 Å². The first kappa shape index (κ1) is 17.7. The molecule has 1 amide bonds. The van der Waals surface area contributed by atoms with Crippen molar-refractivity contribution in [3.63, 3.8) is 0 Å². The zero-order valence-corrected chi connectivity index (χ0v) is 14.4. The highest BCUT2D eigenvalue weighted by Crippen LogP contribution is 2.21. The predicted molar refractivity (Wildman–Crippen MR) is 88.6 cm³/mol. The molecular weight excluding hydrogens is 316 g/mol. The summed E-state index contributed by atoms with van der Waals surface area (Å²) in [4.78, 5) is 12.4. The van der Waals surface area contributed by atoms with Gasteiger partial charge in [-0.1, -0.05) is 24.6 Å². The largest absolute Gasteiger partial charge is 0.494 e. The quantitative estimate of drug-likeness (QED) is 0.852. The third-order valence-electron chi connectivity index (χ3n) is 3.91. The van der Waals surface area contributed by atoms with E-state index in [-0.39, 0.29) is 5.91 Å². The smallest absolute Gasteiger partial charge is 0.238 e. The van der Waals surface area contributed by atoms with Crippen LogP contribution in [0.1, 0.15) is 31.7 Å². The second kappa shape index (κ2) is 7.79. The minimum Gasteiger partial charge on any atom is -0.494 e. The monoisotopic (exact) mass is 340 g/mol. The second-order valence-electron chi connectivity index (χ2n) is 5.64. The molecule has 1 aromatic carbocycles. The molecule has 1 N–H and O–H groups in total. The van der Waals surface area contributed by atoms with E-state index < -0.39 is 16.1 Å². The molecule has 1 fully saturated rings. The Hall–Kier alpha value is -1.60. The van der Waals surface area contributed by atoms with Crippen molar-refractivity contribution in [3.05, 3.63) is 29.8 Å². The van der Waals surface area contributed by atoms with Crippen molar-refractivity contribution in [2.75, 3.05) is 19.4 Å². The molecule has 6 nitrogen and oxygen atoms in total. The first-order valence-electron chi connectivity index (χ1n) is 7.88. The van der Waals surface area contributed by atoms with Gasteiger partial charge in [0.25, 0.3) is 0 Å². The Morgan fingerprint density at radius 2 is 2.09 bits per heavy atom.